The van der Waals surface area contributed by atoms with Crippen molar-refractivity contribution in [1.82, 2.24) is 4.90 Å². The van der Waals surface area contributed by atoms with Gasteiger partial charge in [0, 0.05) is 37.9 Å². The molecule has 0 aromatic heterocycles. The molecule has 3 N–H and O–H groups in total. The lowest BCUT2D eigenvalue weighted by Crippen LogP contribution is -2.39. The predicted molar refractivity (Wildman–Crippen MR) is 94.8 cm³/mol. The van der Waals surface area contributed by atoms with Gasteiger partial charge in [-0.3, -0.25) is 9.59 Å². The van der Waals surface area contributed by atoms with Crippen molar-refractivity contribution in [2.45, 2.75) is 32.2 Å². The first kappa shape index (κ1) is 18.6. The number of benzene rings is 1. The van der Waals surface area contributed by atoms with Crippen LogP contribution in [0, 0.1) is 17.6 Å². The van der Waals surface area contributed by atoms with E-state index < -0.39 is 23.4 Å². The summed E-state index contributed by atoms with van der Waals surface area (Å²) in [6.45, 7) is 3.80. The van der Waals surface area contributed by atoms with Crippen LogP contribution < -0.4 is 16.0 Å². The fourth-order valence-electron chi connectivity index (χ4n) is 3.54. The topological polar surface area (TPSA) is 78.7 Å². The normalized spacial score (nSPS) is 23.2. The van der Waals surface area contributed by atoms with Crippen molar-refractivity contribution in [1.29, 1.82) is 0 Å². The second-order valence-electron chi connectivity index (χ2n) is 7.14. The Labute approximate surface area is 151 Å². The Hall–Kier alpha value is -2.22. The van der Waals surface area contributed by atoms with Crippen molar-refractivity contribution in [3.05, 3.63) is 23.8 Å². The van der Waals surface area contributed by atoms with Crippen LogP contribution in [0.15, 0.2) is 12.1 Å². The number of halogens is 2. The van der Waals surface area contributed by atoms with E-state index >= 15 is 0 Å². The molecule has 2 heterocycles. The highest BCUT2D eigenvalue weighted by molar-refractivity contribution is 6.39. The number of likely N-dealkylation sites (tertiary alicyclic amines) is 1. The predicted octanol–water partition coefficient (Wildman–Crippen LogP) is 1.70. The molecule has 2 atom stereocenters. The number of carbonyl (C=O) groups is 2. The average Bonchev–Trinajstić information content (AvgIpc) is 2.93. The van der Waals surface area contributed by atoms with Gasteiger partial charge in [-0.05, 0) is 37.3 Å². The van der Waals surface area contributed by atoms with E-state index in [2.05, 4.69) is 5.32 Å². The first-order valence-electron chi connectivity index (χ1n) is 8.96. The van der Waals surface area contributed by atoms with Crippen LogP contribution in [-0.2, 0) is 9.59 Å². The summed E-state index contributed by atoms with van der Waals surface area (Å²) < 4.78 is 28.8. The lowest BCUT2D eigenvalue weighted by molar-refractivity contribution is -0.142. The van der Waals surface area contributed by atoms with Crippen LogP contribution in [0.3, 0.4) is 0 Å². The lowest BCUT2D eigenvalue weighted by atomic mass is 10.1. The van der Waals surface area contributed by atoms with Crippen LogP contribution in [0.1, 0.15) is 26.2 Å². The van der Waals surface area contributed by atoms with E-state index in [1.54, 1.807) is 4.90 Å². The van der Waals surface area contributed by atoms with Gasteiger partial charge in [-0.15, -0.1) is 0 Å². The molecule has 142 valence electrons. The van der Waals surface area contributed by atoms with Crippen molar-refractivity contribution >= 4 is 23.2 Å². The number of amides is 2. The van der Waals surface area contributed by atoms with E-state index in [-0.39, 0.29) is 23.3 Å². The van der Waals surface area contributed by atoms with E-state index in [9.17, 15) is 18.4 Å². The second kappa shape index (κ2) is 7.57. The van der Waals surface area contributed by atoms with Crippen LogP contribution >= 0.6 is 0 Å². The Morgan fingerprint density at radius 1 is 1.12 bits per heavy atom. The van der Waals surface area contributed by atoms with Crippen molar-refractivity contribution in [2.75, 3.05) is 36.4 Å². The molecule has 3 rings (SSSR count). The molecule has 1 aromatic rings. The first-order chi connectivity index (χ1) is 12.4. The van der Waals surface area contributed by atoms with E-state index in [1.165, 1.54) is 4.90 Å². The van der Waals surface area contributed by atoms with Gasteiger partial charge in [0.15, 0.2) is 11.6 Å². The number of anilines is 2. The van der Waals surface area contributed by atoms with Gasteiger partial charge in [-0.2, -0.15) is 0 Å². The minimum Gasteiger partial charge on any atom is -0.367 e. The number of carbonyl (C=O) groups excluding carboxylic acids is 2. The molecule has 0 saturated carbocycles. The van der Waals surface area contributed by atoms with Crippen molar-refractivity contribution in [3.63, 3.8) is 0 Å². The Morgan fingerprint density at radius 2 is 1.73 bits per heavy atom. The van der Waals surface area contributed by atoms with E-state index in [1.807, 2.05) is 6.92 Å². The number of rotatable bonds is 2. The monoisotopic (exact) mass is 366 g/mol. The molecule has 1 aromatic carbocycles. The van der Waals surface area contributed by atoms with Crippen LogP contribution in [0.5, 0.6) is 0 Å². The molecule has 2 aliphatic rings. The molecule has 2 aliphatic heterocycles. The fourth-order valence-corrected chi connectivity index (χ4v) is 3.54. The lowest BCUT2D eigenvalue weighted by Gasteiger charge is -2.29. The quantitative estimate of drug-likeness (QED) is 0.781. The maximum atomic E-state index is 14.4. The number of hydrogen-bond donors (Lipinski definition) is 2. The highest BCUT2D eigenvalue weighted by Crippen LogP contribution is 2.29. The van der Waals surface area contributed by atoms with Gasteiger partial charge in [-0.1, -0.05) is 6.92 Å². The molecule has 2 unspecified atom stereocenters. The second-order valence-corrected chi connectivity index (χ2v) is 7.14. The highest BCUT2D eigenvalue weighted by Gasteiger charge is 2.33. The summed E-state index contributed by atoms with van der Waals surface area (Å²) in [4.78, 5) is 27.4. The van der Waals surface area contributed by atoms with Gasteiger partial charge < -0.3 is 20.9 Å². The number of nitrogens with zero attached hydrogens (tertiary/aromatic N) is 2. The molecule has 6 nitrogen and oxygen atoms in total. The molecule has 2 amide bonds. The summed E-state index contributed by atoms with van der Waals surface area (Å²) in [6, 6.07) is 1.93. The van der Waals surface area contributed by atoms with Crippen LogP contribution in [-0.4, -0.2) is 48.9 Å². The Morgan fingerprint density at radius 3 is 2.27 bits per heavy atom. The summed E-state index contributed by atoms with van der Waals surface area (Å²) in [5, 5.41) is 2.29. The van der Waals surface area contributed by atoms with Crippen molar-refractivity contribution in [2.24, 2.45) is 11.7 Å². The van der Waals surface area contributed by atoms with Gasteiger partial charge >= 0.3 is 11.8 Å². The molecule has 8 heteroatoms. The molecule has 26 heavy (non-hydrogen) atoms. The molecular weight excluding hydrogens is 342 g/mol. The fraction of sp³-hybridized carbons (Fsp3) is 0.556. The van der Waals surface area contributed by atoms with Crippen LogP contribution in [0.2, 0.25) is 0 Å². The first-order valence-corrected chi connectivity index (χ1v) is 8.96. The molecule has 0 bridgehead atoms. The van der Waals surface area contributed by atoms with E-state index in [0.29, 0.717) is 26.2 Å². The Kier molecular flexibility index (Phi) is 5.41. The number of piperidine rings is 1. The maximum Gasteiger partial charge on any atom is 0.313 e. The SMILES string of the molecule is CC1CN(C(=O)C(=O)Nc2cc(F)c(N3CCCCC3)c(F)c2)CC1N. The summed E-state index contributed by atoms with van der Waals surface area (Å²) in [6.07, 6.45) is 2.83. The number of nitrogens with one attached hydrogen (secondary N) is 1. The third-order valence-corrected chi connectivity index (χ3v) is 5.10. The Bertz CT molecular complexity index is 673. The number of hydrogen-bond acceptors (Lipinski definition) is 4. The van der Waals surface area contributed by atoms with Gasteiger partial charge in [0.2, 0.25) is 0 Å². The number of nitrogens with two attached hydrogens (primary N) is 1. The van der Waals surface area contributed by atoms with Gasteiger partial charge in [0.05, 0.1) is 0 Å². The smallest absolute Gasteiger partial charge is 0.313 e. The van der Waals surface area contributed by atoms with Crippen LogP contribution in [0.4, 0.5) is 20.2 Å². The van der Waals surface area contributed by atoms with Crippen LogP contribution in [0.25, 0.3) is 0 Å². The molecule has 0 aliphatic carbocycles. The molecular formula is C18H24F2N4O2. The minimum atomic E-state index is -0.921. The standard InChI is InChI=1S/C18H24F2N4O2/c1-11-9-24(10-15(11)21)18(26)17(25)22-12-7-13(19)16(14(20)8-12)23-5-3-2-4-6-23/h7-8,11,15H,2-6,9-10,21H2,1H3,(H,22,25). The summed E-state index contributed by atoms with van der Waals surface area (Å²) in [5.41, 5.74) is 5.71. The molecule has 0 spiro atoms. The van der Waals surface area contributed by atoms with Crippen molar-refractivity contribution in [3.8, 4) is 0 Å². The average molecular weight is 366 g/mol. The molecule has 0 radical (unpaired) electrons. The van der Waals surface area contributed by atoms with E-state index in [0.717, 1.165) is 31.4 Å². The third-order valence-electron chi connectivity index (χ3n) is 5.10. The highest BCUT2D eigenvalue weighted by atomic mass is 19.1. The van der Waals surface area contributed by atoms with Crippen molar-refractivity contribution < 1.29 is 18.4 Å². The third kappa shape index (κ3) is 3.80. The molecule has 2 fully saturated rings. The minimum absolute atomic E-state index is 0.0735. The zero-order valence-corrected chi connectivity index (χ0v) is 14.8. The zero-order chi connectivity index (χ0) is 18.8. The summed E-state index contributed by atoms with van der Waals surface area (Å²) >= 11 is 0. The maximum absolute atomic E-state index is 14.4. The summed E-state index contributed by atoms with van der Waals surface area (Å²) in [7, 11) is 0. The van der Waals surface area contributed by atoms with E-state index in [4.69, 9.17) is 5.73 Å². The largest absolute Gasteiger partial charge is 0.367 e. The van der Waals surface area contributed by atoms with Gasteiger partial charge in [-0.25, -0.2) is 8.78 Å². The van der Waals surface area contributed by atoms with Gasteiger partial charge in [0.1, 0.15) is 5.69 Å². The van der Waals surface area contributed by atoms with Gasteiger partial charge in [0.25, 0.3) is 0 Å². The summed E-state index contributed by atoms with van der Waals surface area (Å²) in [5.74, 6) is -3.05. The zero-order valence-electron chi connectivity index (χ0n) is 14.8. The molecule has 2 saturated heterocycles. The Balaban J connectivity index is 1.70.